The van der Waals surface area contributed by atoms with Gasteiger partial charge in [-0.1, -0.05) is 0 Å². The van der Waals surface area contributed by atoms with Gasteiger partial charge in [0.15, 0.2) is 5.13 Å². The maximum absolute atomic E-state index is 10.7. The third kappa shape index (κ3) is 3.00. The second-order valence-corrected chi connectivity index (χ2v) is 3.22. The smallest absolute Gasteiger partial charge is 0.328 e. The minimum atomic E-state index is -0.947. The van der Waals surface area contributed by atoms with Crippen LogP contribution in [0.15, 0.2) is 11.6 Å². The highest BCUT2D eigenvalue weighted by atomic mass is 32.1. The van der Waals surface area contributed by atoms with Crippen molar-refractivity contribution in [2.75, 3.05) is 19.0 Å². The molecule has 1 unspecified atom stereocenters. The van der Waals surface area contributed by atoms with Crippen molar-refractivity contribution in [3.8, 4) is 0 Å². The average Bonchev–Trinajstić information content (AvgIpc) is 2.56. The Morgan fingerprint density at radius 2 is 2.69 bits per heavy atom. The van der Waals surface area contributed by atoms with E-state index in [2.05, 4.69) is 10.3 Å². The molecule has 1 atom stereocenters. The lowest BCUT2D eigenvalue weighted by atomic mass is 10.3. The van der Waals surface area contributed by atoms with Gasteiger partial charge in [-0.05, 0) is 0 Å². The van der Waals surface area contributed by atoms with Gasteiger partial charge in [0.05, 0.1) is 6.61 Å². The third-order valence-electron chi connectivity index (χ3n) is 1.36. The predicted molar refractivity (Wildman–Crippen MR) is 49.0 cm³/mol. The summed E-state index contributed by atoms with van der Waals surface area (Å²) in [5.74, 6) is -0.947. The number of nitrogens with zero attached hydrogens (tertiary/aromatic N) is 1. The van der Waals surface area contributed by atoms with Gasteiger partial charge >= 0.3 is 5.97 Å². The Balaban J connectivity index is 2.52. The number of carboxylic acid groups (broad SMARTS) is 1. The number of hydrogen-bond donors (Lipinski definition) is 2. The molecule has 72 valence electrons. The summed E-state index contributed by atoms with van der Waals surface area (Å²) in [5, 5.41) is 13.8. The lowest BCUT2D eigenvalue weighted by Crippen LogP contribution is -2.33. The molecule has 1 heterocycles. The van der Waals surface area contributed by atoms with Crippen molar-refractivity contribution in [3.63, 3.8) is 0 Å². The largest absolute Gasteiger partial charge is 0.480 e. The molecule has 1 aromatic rings. The topological polar surface area (TPSA) is 71.5 Å². The molecule has 0 aliphatic carbocycles. The summed E-state index contributed by atoms with van der Waals surface area (Å²) < 4.78 is 4.75. The van der Waals surface area contributed by atoms with Crippen molar-refractivity contribution >= 4 is 22.4 Å². The molecule has 0 saturated carbocycles. The van der Waals surface area contributed by atoms with Crippen molar-refractivity contribution in [1.29, 1.82) is 0 Å². The summed E-state index contributed by atoms with van der Waals surface area (Å²) in [6.45, 7) is 0.120. The van der Waals surface area contributed by atoms with Crippen molar-refractivity contribution < 1.29 is 14.6 Å². The Labute approximate surface area is 79.4 Å². The van der Waals surface area contributed by atoms with Gasteiger partial charge < -0.3 is 15.2 Å². The monoisotopic (exact) mass is 202 g/mol. The zero-order valence-corrected chi connectivity index (χ0v) is 7.87. The lowest BCUT2D eigenvalue weighted by Gasteiger charge is -2.11. The molecule has 0 bridgehead atoms. The molecule has 0 saturated heterocycles. The van der Waals surface area contributed by atoms with Gasteiger partial charge in [-0.25, -0.2) is 9.78 Å². The second-order valence-electron chi connectivity index (χ2n) is 2.33. The molecule has 0 amide bonds. The molecule has 1 rings (SSSR count). The molecule has 0 radical (unpaired) electrons. The van der Waals surface area contributed by atoms with E-state index in [0.717, 1.165) is 0 Å². The average molecular weight is 202 g/mol. The van der Waals surface area contributed by atoms with E-state index >= 15 is 0 Å². The molecule has 13 heavy (non-hydrogen) atoms. The number of carboxylic acids is 1. The van der Waals surface area contributed by atoms with Gasteiger partial charge in [0.25, 0.3) is 0 Å². The third-order valence-corrected chi connectivity index (χ3v) is 2.07. The van der Waals surface area contributed by atoms with Crippen molar-refractivity contribution in [1.82, 2.24) is 4.98 Å². The van der Waals surface area contributed by atoms with Gasteiger partial charge in [-0.15, -0.1) is 11.3 Å². The number of thiazole rings is 1. The van der Waals surface area contributed by atoms with Crippen LogP contribution < -0.4 is 5.32 Å². The molecule has 6 heteroatoms. The van der Waals surface area contributed by atoms with E-state index in [9.17, 15) is 4.79 Å². The van der Waals surface area contributed by atoms with Crippen LogP contribution in [0, 0.1) is 0 Å². The number of aliphatic carboxylic acids is 1. The predicted octanol–water partition coefficient (Wildman–Crippen LogP) is 0.655. The van der Waals surface area contributed by atoms with Crippen molar-refractivity contribution in [2.45, 2.75) is 6.04 Å². The summed E-state index contributed by atoms with van der Waals surface area (Å²) in [5.41, 5.74) is 0. The summed E-state index contributed by atoms with van der Waals surface area (Å²) >= 11 is 1.35. The molecule has 0 aliphatic rings. The zero-order chi connectivity index (χ0) is 9.68. The lowest BCUT2D eigenvalue weighted by molar-refractivity contribution is -0.139. The Morgan fingerprint density at radius 3 is 3.15 bits per heavy atom. The van der Waals surface area contributed by atoms with Crippen LogP contribution in [-0.4, -0.2) is 35.8 Å². The normalized spacial score (nSPS) is 12.4. The maximum Gasteiger partial charge on any atom is 0.328 e. The fourth-order valence-electron chi connectivity index (χ4n) is 0.785. The molecule has 1 aromatic heterocycles. The number of methoxy groups -OCH3 is 1. The minimum Gasteiger partial charge on any atom is -0.480 e. The first-order valence-corrected chi connectivity index (χ1v) is 4.49. The first kappa shape index (κ1) is 9.94. The Morgan fingerprint density at radius 1 is 1.92 bits per heavy atom. The Kier molecular flexibility index (Phi) is 3.66. The van der Waals surface area contributed by atoms with E-state index in [1.54, 1.807) is 11.6 Å². The molecule has 0 aliphatic heterocycles. The number of rotatable bonds is 5. The summed E-state index contributed by atoms with van der Waals surface area (Å²) in [7, 11) is 1.46. The Bertz CT molecular complexity index is 263. The SMILES string of the molecule is COCC(Nc1nccs1)C(=O)O. The van der Waals surface area contributed by atoms with Crippen LogP contribution in [-0.2, 0) is 9.53 Å². The van der Waals surface area contributed by atoms with E-state index in [1.807, 2.05) is 0 Å². The van der Waals surface area contributed by atoms with Gasteiger partial charge in [-0.2, -0.15) is 0 Å². The van der Waals surface area contributed by atoms with Crippen LogP contribution in [0.5, 0.6) is 0 Å². The standard InChI is InChI=1S/C7H10N2O3S/c1-12-4-5(6(10)11)9-7-8-2-3-13-7/h2-3,5H,4H2,1H3,(H,8,9)(H,10,11). The van der Waals surface area contributed by atoms with Crippen LogP contribution in [0.2, 0.25) is 0 Å². The number of nitrogens with one attached hydrogen (secondary N) is 1. The first-order valence-electron chi connectivity index (χ1n) is 3.62. The fourth-order valence-corrected chi connectivity index (χ4v) is 1.37. The maximum atomic E-state index is 10.7. The molecule has 0 fully saturated rings. The molecule has 0 aromatic carbocycles. The van der Waals surface area contributed by atoms with E-state index in [0.29, 0.717) is 5.13 Å². The molecule has 2 N–H and O–H groups in total. The van der Waals surface area contributed by atoms with Crippen LogP contribution in [0.4, 0.5) is 5.13 Å². The van der Waals surface area contributed by atoms with Crippen molar-refractivity contribution in [3.05, 3.63) is 11.6 Å². The molecular weight excluding hydrogens is 192 g/mol. The molecule has 0 spiro atoms. The van der Waals surface area contributed by atoms with E-state index < -0.39 is 12.0 Å². The summed E-state index contributed by atoms with van der Waals surface area (Å²) in [4.78, 5) is 14.6. The van der Waals surface area contributed by atoms with E-state index in [4.69, 9.17) is 9.84 Å². The second kappa shape index (κ2) is 4.78. The summed E-state index contributed by atoms with van der Waals surface area (Å²) in [6.07, 6.45) is 1.61. The van der Waals surface area contributed by atoms with Gasteiger partial charge in [0.1, 0.15) is 6.04 Å². The van der Waals surface area contributed by atoms with E-state index in [-0.39, 0.29) is 6.61 Å². The number of hydrogen-bond acceptors (Lipinski definition) is 5. The highest BCUT2D eigenvalue weighted by molar-refractivity contribution is 7.13. The van der Waals surface area contributed by atoms with Crippen LogP contribution in [0.25, 0.3) is 0 Å². The minimum absolute atomic E-state index is 0.120. The first-order chi connectivity index (χ1) is 6.24. The summed E-state index contributed by atoms with van der Waals surface area (Å²) in [6, 6.07) is -0.740. The fraction of sp³-hybridized carbons (Fsp3) is 0.429. The quantitative estimate of drug-likeness (QED) is 0.733. The number of aromatic nitrogens is 1. The number of anilines is 1. The van der Waals surface area contributed by atoms with Crippen LogP contribution in [0.1, 0.15) is 0 Å². The molecule has 5 nitrogen and oxygen atoms in total. The number of ether oxygens (including phenoxy) is 1. The highest BCUT2D eigenvalue weighted by Crippen LogP contribution is 2.11. The molecular formula is C7H10N2O3S. The van der Waals surface area contributed by atoms with Crippen molar-refractivity contribution in [2.24, 2.45) is 0 Å². The zero-order valence-electron chi connectivity index (χ0n) is 7.06. The van der Waals surface area contributed by atoms with Gasteiger partial charge in [0.2, 0.25) is 0 Å². The number of carbonyl (C=O) groups is 1. The Hall–Kier alpha value is -1.14. The van der Waals surface area contributed by atoms with E-state index in [1.165, 1.54) is 18.4 Å². The van der Waals surface area contributed by atoms with Crippen LogP contribution >= 0.6 is 11.3 Å². The van der Waals surface area contributed by atoms with Gasteiger partial charge in [0, 0.05) is 18.7 Å². The van der Waals surface area contributed by atoms with Gasteiger partial charge in [-0.3, -0.25) is 0 Å². The highest BCUT2D eigenvalue weighted by Gasteiger charge is 2.17. The van der Waals surface area contributed by atoms with Crippen LogP contribution in [0.3, 0.4) is 0 Å².